The Morgan fingerprint density at radius 1 is 1.11 bits per heavy atom. The Hall–Kier alpha value is -2.85. The zero-order valence-electron chi connectivity index (χ0n) is 15.5. The van der Waals surface area contributed by atoms with Gasteiger partial charge in [0.15, 0.2) is 0 Å². The summed E-state index contributed by atoms with van der Waals surface area (Å²) < 4.78 is 37.3. The molecule has 0 aromatic heterocycles. The molecule has 150 valence electrons. The molecule has 28 heavy (non-hydrogen) atoms. The van der Waals surface area contributed by atoms with Crippen LogP contribution in [0.2, 0.25) is 0 Å². The highest BCUT2D eigenvalue weighted by atomic mass is 32.2. The summed E-state index contributed by atoms with van der Waals surface area (Å²) in [5.41, 5.74) is 8.94. The number of carbonyl (C=O) groups is 1. The Balaban J connectivity index is 2.39. The molecule has 0 fully saturated rings. The molecular weight excluding hydrogens is 386 g/mol. The zero-order chi connectivity index (χ0) is 20.6. The predicted octanol–water partition coefficient (Wildman–Crippen LogP) is 2.97. The van der Waals surface area contributed by atoms with Gasteiger partial charge in [0.25, 0.3) is 10.0 Å². The van der Waals surface area contributed by atoms with Crippen LogP contribution < -0.4 is 5.32 Å². The number of hydrogen-bond donors (Lipinski definition) is 1. The van der Waals surface area contributed by atoms with E-state index in [1.165, 1.54) is 17.0 Å². The van der Waals surface area contributed by atoms with Crippen LogP contribution in [0.25, 0.3) is 21.2 Å². The fourth-order valence-corrected chi connectivity index (χ4v) is 3.51. The first-order chi connectivity index (χ1) is 13.4. The van der Waals surface area contributed by atoms with E-state index in [0.717, 1.165) is 0 Å². The van der Waals surface area contributed by atoms with Crippen LogP contribution in [0.4, 0.5) is 10.5 Å². The number of nitrogens with one attached hydrogen (secondary N) is 1. The van der Waals surface area contributed by atoms with E-state index in [0.29, 0.717) is 42.8 Å². The maximum Gasteiger partial charge on any atom is 0.322 e. The average molecular weight is 407 g/mol. The lowest BCUT2D eigenvalue weighted by Gasteiger charge is -2.23. The van der Waals surface area contributed by atoms with Gasteiger partial charge >= 0.3 is 6.03 Å². The van der Waals surface area contributed by atoms with Crippen molar-refractivity contribution in [2.45, 2.75) is 4.90 Å². The standard InChI is InChI=1S/C17H21N5O5S/c1-26-11-9-22(10-12-27-2)17(23)19-15-7-3-6-14-13(15)5-4-8-16(14)28(24,25)21-20-18/h3-8H,9-12H2,1-2H3,(H,19,23). The number of amides is 2. The summed E-state index contributed by atoms with van der Waals surface area (Å²) in [6.07, 6.45) is 0. The molecule has 0 unspecified atom stereocenters. The van der Waals surface area contributed by atoms with E-state index in [2.05, 4.69) is 14.7 Å². The van der Waals surface area contributed by atoms with E-state index >= 15 is 0 Å². The molecule has 11 heteroatoms. The van der Waals surface area contributed by atoms with Gasteiger partial charge in [0.2, 0.25) is 0 Å². The largest absolute Gasteiger partial charge is 0.383 e. The molecular formula is C17H21N5O5S. The summed E-state index contributed by atoms with van der Waals surface area (Å²) in [5.74, 6) is 0. The van der Waals surface area contributed by atoms with Gasteiger partial charge in [-0.25, -0.2) is 13.2 Å². The monoisotopic (exact) mass is 407 g/mol. The topological polar surface area (TPSA) is 134 Å². The van der Waals surface area contributed by atoms with Crippen LogP contribution in [0.1, 0.15) is 0 Å². The molecule has 0 spiro atoms. The van der Waals surface area contributed by atoms with Gasteiger partial charge < -0.3 is 19.7 Å². The van der Waals surface area contributed by atoms with Gasteiger partial charge in [0.1, 0.15) is 0 Å². The summed E-state index contributed by atoms with van der Waals surface area (Å²) in [5, 5.41) is 3.64. The molecule has 0 aliphatic rings. The fraction of sp³-hybridized carbons (Fsp3) is 0.353. The molecule has 0 radical (unpaired) electrons. The molecule has 0 saturated heterocycles. The van der Waals surface area contributed by atoms with Gasteiger partial charge in [0.05, 0.1) is 23.8 Å². The Bertz CT molecular complexity index is 981. The second-order valence-corrected chi connectivity index (χ2v) is 7.26. The van der Waals surface area contributed by atoms with Crippen molar-refractivity contribution in [1.82, 2.24) is 4.90 Å². The van der Waals surface area contributed by atoms with Crippen molar-refractivity contribution < 1.29 is 22.7 Å². The molecule has 0 bridgehead atoms. The SMILES string of the molecule is COCCN(CCOC)C(=O)Nc1cccc2c(S(=O)(=O)N=[N+]=[N-])cccc12. The highest BCUT2D eigenvalue weighted by molar-refractivity contribution is 7.90. The van der Waals surface area contributed by atoms with Crippen molar-refractivity contribution in [1.29, 1.82) is 0 Å². The first-order valence-corrected chi connectivity index (χ1v) is 9.75. The quantitative estimate of drug-likeness (QED) is 0.387. The Labute approximate surface area is 162 Å². The number of urea groups is 1. The van der Waals surface area contributed by atoms with E-state index < -0.39 is 10.0 Å². The maximum absolute atomic E-state index is 12.7. The summed E-state index contributed by atoms with van der Waals surface area (Å²) in [6.45, 7) is 1.46. The van der Waals surface area contributed by atoms with Gasteiger partial charge in [-0.05, 0) is 17.7 Å². The molecule has 0 atom stereocenters. The van der Waals surface area contributed by atoms with Gasteiger partial charge in [-0.3, -0.25) is 0 Å². The fourth-order valence-electron chi connectivity index (χ4n) is 2.62. The van der Waals surface area contributed by atoms with Gasteiger partial charge in [-0.1, -0.05) is 24.3 Å². The highest BCUT2D eigenvalue weighted by Gasteiger charge is 2.18. The number of anilines is 1. The summed E-state index contributed by atoms with van der Waals surface area (Å²) in [6, 6.07) is 9.03. The number of ether oxygens (including phenoxy) is 2. The molecule has 0 saturated carbocycles. The number of methoxy groups -OCH3 is 2. The van der Waals surface area contributed by atoms with Crippen molar-refractivity contribution in [3.63, 3.8) is 0 Å². The number of nitrogens with zero attached hydrogens (tertiary/aromatic N) is 4. The lowest BCUT2D eigenvalue weighted by atomic mass is 10.1. The second-order valence-electron chi connectivity index (χ2n) is 5.71. The number of carbonyl (C=O) groups excluding carboxylic acids is 1. The molecule has 0 aliphatic carbocycles. The van der Waals surface area contributed by atoms with Crippen LogP contribution in [-0.2, 0) is 19.5 Å². The van der Waals surface area contributed by atoms with Crippen molar-refractivity contribution in [2.24, 2.45) is 4.52 Å². The number of sulfonamides is 1. The third-order valence-electron chi connectivity index (χ3n) is 3.96. The molecule has 2 aromatic rings. The van der Waals surface area contributed by atoms with Crippen LogP contribution in [-0.4, -0.2) is 59.9 Å². The smallest absolute Gasteiger partial charge is 0.322 e. The number of azide groups is 1. The van der Waals surface area contributed by atoms with Gasteiger partial charge in [-0.2, -0.15) is 0 Å². The van der Waals surface area contributed by atoms with Crippen LogP contribution in [0.3, 0.4) is 0 Å². The first-order valence-electron chi connectivity index (χ1n) is 8.31. The molecule has 0 heterocycles. The zero-order valence-corrected chi connectivity index (χ0v) is 16.3. The second kappa shape index (κ2) is 9.90. The third-order valence-corrected chi connectivity index (χ3v) is 5.16. The summed E-state index contributed by atoms with van der Waals surface area (Å²) in [7, 11) is -1.08. The number of rotatable bonds is 9. The Morgan fingerprint density at radius 3 is 2.32 bits per heavy atom. The molecule has 2 aromatic carbocycles. The number of hydrogen-bond acceptors (Lipinski definition) is 5. The highest BCUT2D eigenvalue weighted by Crippen LogP contribution is 2.30. The van der Waals surface area contributed by atoms with E-state index in [9.17, 15) is 13.2 Å². The summed E-state index contributed by atoms with van der Waals surface area (Å²) >= 11 is 0. The normalized spacial score (nSPS) is 11.1. The van der Waals surface area contributed by atoms with Crippen LogP contribution in [0, 0.1) is 0 Å². The van der Waals surface area contributed by atoms with Crippen LogP contribution in [0.5, 0.6) is 0 Å². The minimum atomic E-state index is -4.17. The summed E-state index contributed by atoms with van der Waals surface area (Å²) in [4.78, 5) is 16.5. The average Bonchev–Trinajstić information content (AvgIpc) is 2.67. The third kappa shape index (κ3) is 5.11. The van der Waals surface area contributed by atoms with Gasteiger partial charge in [0, 0.05) is 47.5 Å². The number of benzene rings is 2. The van der Waals surface area contributed by atoms with E-state index in [-0.39, 0.29) is 10.9 Å². The van der Waals surface area contributed by atoms with E-state index in [1.54, 1.807) is 38.5 Å². The predicted molar refractivity (Wildman–Crippen MR) is 105 cm³/mol. The van der Waals surface area contributed by atoms with Crippen molar-refractivity contribution >= 4 is 32.5 Å². The lowest BCUT2D eigenvalue weighted by Crippen LogP contribution is -2.39. The van der Waals surface area contributed by atoms with E-state index in [4.69, 9.17) is 15.0 Å². The number of fused-ring (bicyclic) bond motifs is 1. The van der Waals surface area contributed by atoms with Crippen molar-refractivity contribution in [2.75, 3.05) is 45.8 Å². The molecule has 2 amide bonds. The molecule has 10 nitrogen and oxygen atoms in total. The van der Waals surface area contributed by atoms with Crippen molar-refractivity contribution in [3.8, 4) is 0 Å². The Morgan fingerprint density at radius 2 is 1.71 bits per heavy atom. The first kappa shape index (κ1) is 21.5. The minimum absolute atomic E-state index is 0.130. The molecule has 2 rings (SSSR count). The van der Waals surface area contributed by atoms with Crippen LogP contribution in [0.15, 0.2) is 45.8 Å². The van der Waals surface area contributed by atoms with E-state index in [1.807, 2.05) is 0 Å². The van der Waals surface area contributed by atoms with Crippen LogP contribution >= 0.6 is 0 Å². The molecule has 0 aliphatic heterocycles. The molecule has 1 N–H and O–H groups in total. The maximum atomic E-state index is 12.7. The minimum Gasteiger partial charge on any atom is -0.383 e. The van der Waals surface area contributed by atoms with Gasteiger partial charge in [-0.15, -0.1) is 0 Å². The lowest BCUT2D eigenvalue weighted by molar-refractivity contribution is 0.127. The van der Waals surface area contributed by atoms with Crippen molar-refractivity contribution in [3.05, 3.63) is 46.8 Å². The Kier molecular flexibility index (Phi) is 7.59.